The smallest absolute Gasteiger partial charge is 0.299 e. The van der Waals surface area contributed by atoms with Gasteiger partial charge in [-0.15, -0.1) is 0 Å². The summed E-state index contributed by atoms with van der Waals surface area (Å²) in [6.07, 6.45) is 0.331. The molecule has 0 saturated carbocycles. The van der Waals surface area contributed by atoms with Gasteiger partial charge in [0.1, 0.15) is 5.75 Å². The van der Waals surface area contributed by atoms with Crippen LogP contribution in [0, 0.1) is 0 Å². The van der Waals surface area contributed by atoms with Gasteiger partial charge in [-0.1, -0.05) is 6.92 Å². The highest BCUT2D eigenvalue weighted by atomic mass is 16.5. The number of methoxy groups -OCH3 is 1. The molecule has 0 atom stereocenters. The monoisotopic (exact) mass is 247 g/mol. The van der Waals surface area contributed by atoms with Crippen LogP contribution in [0.25, 0.3) is 0 Å². The van der Waals surface area contributed by atoms with Gasteiger partial charge in [-0.05, 0) is 12.1 Å². The molecule has 94 valence electrons. The average Bonchev–Trinajstić information content (AvgIpc) is 2.63. The Labute approximate surface area is 104 Å². The van der Waals surface area contributed by atoms with E-state index in [2.05, 4.69) is 0 Å². The second-order valence-electron chi connectivity index (χ2n) is 4.00. The van der Waals surface area contributed by atoms with Crippen molar-refractivity contribution in [1.29, 1.82) is 0 Å². The minimum absolute atomic E-state index is 0.0682. The van der Waals surface area contributed by atoms with Crippen LogP contribution in [-0.2, 0) is 9.59 Å². The van der Waals surface area contributed by atoms with E-state index in [4.69, 9.17) is 4.74 Å². The topological polar surface area (TPSA) is 63.7 Å². The summed E-state index contributed by atoms with van der Waals surface area (Å²) in [6, 6.07) is 4.76. The maximum Gasteiger partial charge on any atom is 0.299 e. The average molecular weight is 247 g/mol. The van der Waals surface area contributed by atoms with E-state index in [1.807, 2.05) is 0 Å². The van der Waals surface area contributed by atoms with Gasteiger partial charge in [-0.25, -0.2) is 0 Å². The second kappa shape index (κ2) is 4.60. The maximum atomic E-state index is 11.8. The Bertz CT molecular complexity index is 536. The Balaban J connectivity index is 2.42. The van der Waals surface area contributed by atoms with Crippen molar-refractivity contribution in [2.45, 2.75) is 13.3 Å². The molecule has 5 nitrogen and oxygen atoms in total. The second-order valence-corrected chi connectivity index (χ2v) is 4.00. The summed E-state index contributed by atoms with van der Waals surface area (Å²) in [6.45, 7) is 1.65. The van der Waals surface area contributed by atoms with Gasteiger partial charge in [0.25, 0.3) is 11.7 Å². The highest BCUT2D eigenvalue weighted by Crippen LogP contribution is 2.32. The summed E-state index contributed by atoms with van der Waals surface area (Å²) >= 11 is 0. The number of nitrogens with zero attached hydrogens (tertiary/aromatic N) is 1. The van der Waals surface area contributed by atoms with Crippen molar-refractivity contribution in [3.8, 4) is 5.75 Å². The number of benzene rings is 1. The summed E-state index contributed by atoms with van der Waals surface area (Å²) in [4.78, 5) is 36.2. The van der Waals surface area contributed by atoms with Crippen LogP contribution in [0.2, 0.25) is 0 Å². The number of ether oxygens (including phenoxy) is 1. The van der Waals surface area contributed by atoms with E-state index in [0.29, 0.717) is 23.4 Å². The van der Waals surface area contributed by atoms with Crippen LogP contribution in [0.3, 0.4) is 0 Å². The number of anilines is 1. The van der Waals surface area contributed by atoms with Crippen LogP contribution in [0.5, 0.6) is 5.75 Å². The van der Waals surface area contributed by atoms with Crippen molar-refractivity contribution in [3.05, 3.63) is 23.8 Å². The first kappa shape index (κ1) is 12.3. The molecule has 0 N–H and O–H groups in total. The molecule has 0 fully saturated rings. The molecule has 0 saturated heterocycles. The van der Waals surface area contributed by atoms with Gasteiger partial charge in [0, 0.05) is 12.5 Å². The molecule has 0 aliphatic carbocycles. The van der Waals surface area contributed by atoms with Crippen LogP contribution in [0.1, 0.15) is 23.7 Å². The van der Waals surface area contributed by atoms with Crippen molar-refractivity contribution in [1.82, 2.24) is 0 Å². The quantitative estimate of drug-likeness (QED) is 0.750. The summed E-state index contributed by atoms with van der Waals surface area (Å²) in [5, 5.41) is 0. The van der Waals surface area contributed by atoms with Crippen molar-refractivity contribution in [2.75, 3.05) is 18.6 Å². The Morgan fingerprint density at radius 2 is 2.06 bits per heavy atom. The summed E-state index contributed by atoms with van der Waals surface area (Å²) in [7, 11) is 1.50. The van der Waals surface area contributed by atoms with E-state index in [9.17, 15) is 14.4 Å². The van der Waals surface area contributed by atoms with Gasteiger partial charge >= 0.3 is 0 Å². The zero-order valence-electron chi connectivity index (χ0n) is 10.2. The molecule has 1 aromatic rings. The largest absolute Gasteiger partial charge is 0.497 e. The van der Waals surface area contributed by atoms with E-state index >= 15 is 0 Å². The minimum atomic E-state index is -0.653. The van der Waals surface area contributed by atoms with Crippen molar-refractivity contribution in [3.63, 3.8) is 0 Å². The molecule has 2 rings (SSSR count). The minimum Gasteiger partial charge on any atom is -0.497 e. The molecule has 0 aromatic heterocycles. The molecular weight excluding hydrogens is 234 g/mol. The number of hydrogen-bond donors (Lipinski definition) is 0. The van der Waals surface area contributed by atoms with Gasteiger partial charge in [0.15, 0.2) is 5.78 Å². The first-order valence-electron chi connectivity index (χ1n) is 5.64. The number of carbonyl (C=O) groups excluding carboxylic acids is 3. The van der Waals surface area contributed by atoms with Crippen molar-refractivity contribution >= 4 is 23.2 Å². The predicted octanol–water partition coefficient (Wildman–Crippen LogP) is 1.20. The molecule has 1 aliphatic rings. The Hall–Kier alpha value is -2.17. The molecule has 1 aromatic carbocycles. The number of rotatable bonds is 4. The first-order valence-corrected chi connectivity index (χ1v) is 5.64. The Kier molecular flexibility index (Phi) is 3.14. The zero-order valence-corrected chi connectivity index (χ0v) is 10.2. The van der Waals surface area contributed by atoms with E-state index in [-0.39, 0.29) is 12.3 Å². The zero-order chi connectivity index (χ0) is 13.3. The normalized spacial score (nSPS) is 13.8. The van der Waals surface area contributed by atoms with Gasteiger partial charge in [-0.3, -0.25) is 19.3 Å². The fourth-order valence-electron chi connectivity index (χ4n) is 1.85. The predicted molar refractivity (Wildman–Crippen MR) is 65.0 cm³/mol. The highest BCUT2D eigenvalue weighted by Gasteiger charge is 2.36. The van der Waals surface area contributed by atoms with Gasteiger partial charge in [0.05, 0.1) is 24.9 Å². The van der Waals surface area contributed by atoms with E-state index in [1.54, 1.807) is 25.1 Å². The van der Waals surface area contributed by atoms with Crippen LogP contribution < -0.4 is 9.64 Å². The molecule has 1 aliphatic heterocycles. The lowest BCUT2D eigenvalue weighted by molar-refractivity contribution is -0.120. The van der Waals surface area contributed by atoms with Crippen LogP contribution >= 0.6 is 0 Å². The molecule has 0 radical (unpaired) electrons. The lowest BCUT2D eigenvalue weighted by atomic mass is 10.1. The van der Waals surface area contributed by atoms with Crippen LogP contribution in [0.4, 0.5) is 5.69 Å². The van der Waals surface area contributed by atoms with Crippen LogP contribution in [-0.4, -0.2) is 31.1 Å². The molecule has 18 heavy (non-hydrogen) atoms. The number of ketones is 2. The molecule has 1 heterocycles. The number of hydrogen-bond acceptors (Lipinski definition) is 4. The number of Topliss-reactive ketones (excluding diaryl/α,β-unsaturated/α-hetero) is 2. The Morgan fingerprint density at radius 3 is 2.67 bits per heavy atom. The summed E-state index contributed by atoms with van der Waals surface area (Å²) in [5.74, 6) is -0.770. The fraction of sp³-hybridized carbons (Fsp3) is 0.308. The number of amides is 1. The molecule has 0 bridgehead atoms. The molecule has 0 spiro atoms. The third kappa shape index (κ3) is 1.88. The Morgan fingerprint density at radius 1 is 1.33 bits per heavy atom. The van der Waals surface area contributed by atoms with E-state index in [0.717, 1.165) is 0 Å². The number of fused-ring (bicyclic) bond motifs is 1. The molecule has 1 amide bonds. The molecule has 0 unspecified atom stereocenters. The number of carbonyl (C=O) groups is 3. The van der Waals surface area contributed by atoms with E-state index in [1.165, 1.54) is 12.0 Å². The van der Waals surface area contributed by atoms with Gasteiger partial charge in [0.2, 0.25) is 0 Å². The maximum absolute atomic E-state index is 11.8. The van der Waals surface area contributed by atoms with E-state index < -0.39 is 11.7 Å². The van der Waals surface area contributed by atoms with Gasteiger partial charge in [-0.2, -0.15) is 0 Å². The lowest BCUT2D eigenvalue weighted by Gasteiger charge is -2.15. The third-order valence-corrected chi connectivity index (χ3v) is 2.91. The lowest BCUT2D eigenvalue weighted by Crippen LogP contribution is -2.34. The first-order chi connectivity index (χ1) is 8.58. The van der Waals surface area contributed by atoms with Crippen LogP contribution in [0.15, 0.2) is 18.2 Å². The van der Waals surface area contributed by atoms with Crippen molar-refractivity contribution in [2.24, 2.45) is 0 Å². The highest BCUT2D eigenvalue weighted by molar-refractivity contribution is 6.52. The van der Waals surface area contributed by atoms with Crippen molar-refractivity contribution < 1.29 is 19.1 Å². The third-order valence-electron chi connectivity index (χ3n) is 2.91. The molecule has 5 heteroatoms. The SMILES string of the molecule is CCC(=O)CN1C(=O)C(=O)c2ccc(OC)cc21. The summed E-state index contributed by atoms with van der Waals surface area (Å²) in [5.41, 5.74) is 0.774. The molecular formula is C13H13NO4. The fourth-order valence-corrected chi connectivity index (χ4v) is 1.85. The standard InChI is InChI=1S/C13H13NO4/c1-3-8(15)7-14-11-6-9(18-2)4-5-10(11)12(16)13(14)17/h4-6H,3,7H2,1-2H3. The summed E-state index contributed by atoms with van der Waals surface area (Å²) < 4.78 is 5.06. The van der Waals surface area contributed by atoms with Gasteiger partial charge < -0.3 is 4.74 Å².